The molecular weight excluding hydrogens is 396 g/mol. The number of aliphatic hydroxyl groups is 4. The van der Waals surface area contributed by atoms with Crippen LogP contribution in [0, 0.1) is 0 Å². The predicted molar refractivity (Wildman–Crippen MR) is 103 cm³/mol. The monoisotopic (exact) mass is 424 g/mol. The fourth-order valence-electron chi connectivity index (χ4n) is 3.35. The Labute approximate surface area is 173 Å². The third-order valence-electron chi connectivity index (χ3n) is 5.08. The molecule has 0 saturated carbocycles. The first-order valence-electron chi connectivity index (χ1n) is 9.89. The number of aliphatic hydroxyl groups excluding tert-OH is 4. The summed E-state index contributed by atoms with van der Waals surface area (Å²) >= 11 is 0. The summed E-state index contributed by atoms with van der Waals surface area (Å²) in [5.41, 5.74) is 1.56. The van der Waals surface area contributed by atoms with Gasteiger partial charge in [0, 0.05) is 18.6 Å². The van der Waals surface area contributed by atoms with Gasteiger partial charge in [0.05, 0.1) is 37.3 Å². The van der Waals surface area contributed by atoms with Crippen LogP contribution < -0.4 is 0 Å². The second kappa shape index (κ2) is 9.86. The zero-order chi connectivity index (χ0) is 21.8. The van der Waals surface area contributed by atoms with Gasteiger partial charge in [0.15, 0.2) is 0 Å². The van der Waals surface area contributed by atoms with Gasteiger partial charge >= 0.3 is 0 Å². The van der Waals surface area contributed by atoms with E-state index in [0.29, 0.717) is 24.4 Å². The molecule has 11 nitrogen and oxygen atoms in total. The molecule has 1 aromatic rings. The smallest absolute Gasteiger partial charge is 0.202 e. The highest BCUT2D eigenvalue weighted by molar-refractivity contribution is 6.02. The third-order valence-corrected chi connectivity index (χ3v) is 5.08. The maximum atomic E-state index is 12.6. The minimum absolute atomic E-state index is 0.0283. The van der Waals surface area contributed by atoms with Gasteiger partial charge in [-0.25, -0.2) is 4.68 Å². The Morgan fingerprint density at radius 3 is 2.70 bits per heavy atom. The molecule has 2 aliphatic rings. The van der Waals surface area contributed by atoms with E-state index >= 15 is 0 Å². The van der Waals surface area contributed by atoms with Gasteiger partial charge < -0.3 is 29.9 Å². The van der Waals surface area contributed by atoms with E-state index in [0.717, 1.165) is 0 Å². The molecular formula is C19H28N4O7. The third kappa shape index (κ3) is 5.17. The Morgan fingerprint density at radius 2 is 2.00 bits per heavy atom. The van der Waals surface area contributed by atoms with Crippen molar-refractivity contribution in [2.45, 2.75) is 76.5 Å². The van der Waals surface area contributed by atoms with Gasteiger partial charge in [0.25, 0.3) is 0 Å². The lowest BCUT2D eigenvalue weighted by Gasteiger charge is -2.40. The fourth-order valence-corrected chi connectivity index (χ4v) is 3.35. The average molecular weight is 424 g/mol. The molecule has 1 fully saturated rings. The van der Waals surface area contributed by atoms with Gasteiger partial charge in [-0.15, -0.1) is 5.10 Å². The summed E-state index contributed by atoms with van der Waals surface area (Å²) in [5.74, 6) is -0.241. The number of hydrogen-bond donors (Lipinski definition) is 4. The molecule has 0 bridgehead atoms. The Hall–Kier alpha value is -2.02. The molecule has 5 atom stereocenters. The maximum Gasteiger partial charge on any atom is 0.202 e. The van der Waals surface area contributed by atoms with Crippen LogP contribution in [-0.2, 0) is 27.4 Å². The first-order chi connectivity index (χ1) is 14.3. The standard InChI is InChI=1S/C19H28N4O7/c1-10(2)29-9-12-6-20-22-23(12)7-14(25)13-4-3-11(21-13)5-15-17(26)19(28)18(27)16(8-24)30-15/h4,6,10,15-19,24,26-28H,3,5,7-9H2,1-2H3. The largest absolute Gasteiger partial charge is 0.394 e. The lowest BCUT2D eigenvalue weighted by atomic mass is 9.92. The van der Waals surface area contributed by atoms with Gasteiger partial charge in [-0.1, -0.05) is 5.21 Å². The molecule has 1 aromatic heterocycles. The molecule has 5 unspecified atom stereocenters. The first kappa shape index (κ1) is 22.7. The van der Waals surface area contributed by atoms with Crippen LogP contribution in [0.2, 0.25) is 0 Å². The zero-order valence-corrected chi connectivity index (χ0v) is 17.0. The van der Waals surface area contributed by atoms with Crippen LogP contribution in [-0.4, -0.2) is 90.1 Å². The number of aliphatic imine (C=N–C) groups is 1. The number of allylic oxidation sites excluding steroid dienone is 2. The summed E-state index contributed by atoms with van der Waals surface area (Å²) in [6, 6.07) is 0. The summed E-state index contributed by atoms with van der Waals surface area (Å²) < 4.78 is 12.5. The van der Waals surface area contributed by atoms with E-state index in [9.17, 15) is 25.2 Å². The van der Waals surface area contributed by atoms with Crippen molar-refractivity contribution in [3.05, 3.63) is 23.7 Å². The molecule has 0 spiro atoms. The fraction of sp³-hybridized carbons (Fsp3) is 0.684. The quantitative estimate of drug-likeness (QED) is 0.379. The van der Waals surface area contributed by atoms with Crippen LogP contribution in [0.4, 0.5) is 0 Å². The van der Waals surface area contributed by atoms with Crippen LogP contribution >= 0.6 is 0 Å². The van der Waals surface area contributed by atoms with Crippen molar-refractivity contribution in [3.8, 4) is 0 Å². The number of hydrogen-bond acceptors (Lipinski definition) is 10. The molecule has 1 saturated heterocycles. The molecule has 4 N–H and O–H groups in total. The molecule has 3 heterocycles. The Morgan fingerprint density at radius 1 is 1.27 bits per heavy atom. The number of carbonyl (C=O) groups excluding carboxylic acids is 1. The van der Waals surface area contributed by atoms with Crippen molar-refractivity contribution in [1.82, 2.24) is 15.0 Å². The Balaban J connectivity index is 1.59. The number of Topliss-reactive ketones (excluding diaryl/α,β-unsaturated/α-hetero) is 1. The van der Waals surface area contributed by atoms with E-state index in [2.05, 4.69) is 15.3 Å². The van der Waals surface area contributed by atoms with Crippen molar-refractivity contribution in [2.75, 3.05) is 6.61 Å². The highest BCUT2D eigenvalue weighted by Crippen LogP contribution is 2.26. The van der Waals surface area contributed by atoms with E-state index in [1.54, 1.807) is 12.3 Å². The van der Waals surface area contributed by atoms with Crippen LogP contribution in [0.25, 0.3) is 0 Å². The molecule has 0 radical (unpaired) electrons. The number of ketones is 1. The van der Waals surface area contributed by atoms with Crippen LogP contribution in [0.1, 0.15) is 32.4 Å². The molecule has 0 aliphatic carbocycles. The van der Waals surface area contributed by atoms with Crippen LogP contribution in [0.15, 0.2) is 23.0 Å². The Kier molecular flexibility index (Phi) is 7.45. The van der Waals surface area contributed by atoms with Gasteiger partial charge in [-0.3, -0.25) is 9.79 Å². The number of rotatable bonds is 9. The van der Waals surface area contributed by atoms with E-state index in [1.807, 2.05) is 13.8 Å². The molecule has 0 aromatic carbocycles. The summed E-state index contributed by atoms with van der Waals surface area (Å²) in [5, 5.41) is 47.0. The van der Waals surface area contributed by atoms with Crippen molar-refractivity contribution in [3.63, 3.8) is 0 Å². The second-order valence-corrected chi connectivity index (χ2v) is 7.71. The number of nitrogens with zero attached hydrogens (tertiary/aromatic N) is 4. The number of aromatic nitrogens is 3. The van der Waals surface area contributed by atoms with Crippen molar-refractivity contribution in [2.24, 2.45) is 4.99 Å². The first-order valence-corrected chi connectivity index (χ1v) is 9.89. The maximum absolute atomic E-state index is 12.6. The number of carbonyl (C=O) groups is 1. The lowest BCUT2D eigenvalue weighted by molar-refractivity contribution is -0.227. The summed E-state index contributed by atoms with van der Waals surface area (Å²) in [4.78, 5) is 16.9. The highest BCUT2D eigenvalue weighted by atomic mass is 16.5. The van der Waals surface area contributed by atoms with Gasteiger partial charge in [-0.05, 0) is 19.9 Å². The summed E-state index contributed by atoms with van der Waals surface area (Å²) in [7, 11) is 0. The zero-order valence-electron chi connectivity index (χ0n) is 17.0. The molecule has 0 amide bonds. The second-order valence-electron chi connectivity index (χ2n) is 7.71. The van der Waals surface area contributed by atoms with Gasteiger partial charge in [-0.2, -0.15) is 0 Å². The highest BCUT2D eigenvalue weighted by Gasteiger charge is 2.43. The topological polar surface area (TPSA) is 160 Å². The Bertz CT molecular complexity index is 805. The minimum Gasteiger partial charge on any atom is -0.394 e. The van der Waals surface area contributed by atoms with Gasteiger partial charge in [0.2, 0.25) is 5.78 Å². The molecule has 3 rings (SSSR count). The van der Waals surface area contributed by atoms with Crippen LogP contribution in [0.5, 0.6) is 0 Å². The normalized spacial score (nSPS) is 29.2. The van der Waals surface area contributed by atoms with Crippen LogP contribution in [0.3, 0.4) is 0 Å². The summed E-state index contributed by atoms with van der Waals surface area (Å²) in [6.07, 6.45) is -2.16. The molecule has 166 valence electrons. The van der Waals surface area contributed by atoms with Crippen molar-refractivity contribution < 1.29 is 34.7 Å². The lowest BCUT2D eigenvalue weighted by Crippen LogP contribution is -2.58. The van der Waals surface area contributed by atoms with E-state index in [1.165, 1.54) is 4.68 Å². The van der Waals surface area contributed by atoms with E-state index in [-0.39, 0.29) is 30.5 Å². The van der Waals surface area contributed by atoms with E-state index < -0.39 is 37.1 Å². The van der Waals surface area contributed by atoms with Crippen molar-refractivity contribution in [1.29, 1.82) is 0 Å². The molecule has 2 aliphatic heterocycles. The SMILES string of the molecule is CC(C)OCc1cnnn1CC(=O)C1=CCC(CC2OC(CO)C(O)C(O)C2O)=N1. The number of ether oxygens (including phenoxy) is 2. The van der Waals surface area contributed by atoms with Gasteiger partial charge in [0.1, 0.15) is 36.7 Å². The average Bonchev–Trinajstić information content (AvgIpc) is 3.36. The predicted octanol–water partition coefficient (Wildman–Crippen LogP) is -1.27. The minimum atomic E-state index is -1.43. The molecule has 30 heavy (non-hydrogen) atoms. The molecule has 11 heteroatoms. The summed E-state index contributed by atoms with van der Waals surface area (Å²) in [6.45, 7) is 3.60. The van der Waals surface area contributed by atoms with Crippen molar-refractivity contribution >= 4 is 11.5 Å². The van der Waals surface area contributed by atoms with E-state index in [4.69, 9.17) is 9.47 Å².